The lowest BCUT2D eigenvalue weighted by Crippen LogP contribution is -2.08. The van der Waals surface area contributed by atoms with E-state index >= 15 is 0 Å². The molecule has 17 heavy (non-hydrogen) atoms. The Kier molecular flexibility index (Phi) is 3.78. The van der Waals surface area contributed by atoms with Gasteiger partial charge in [-0.05, 0) is 18.8 Å². The molecule has 0 spiro atoms. The van der Waals surface area contributed by atoms with Crippen LogP contribution in [0.25, 0.3) is 5.78 Å². The van der Waals surface area contributed by atoms with Crippen LogP contribution >= 0.6 is 11.6 Å². The number of nitrogens with one attached hydrogen (secondary N) is 1. The number of hydrogen-bond acceptors (Lipinski definition) is 4. The van der Waals surface area contributed by atoms with Crippen molar-refractivity contribution >= 4 is 23.2 Å². The maximum atomic E-state index is 5.91. The Hall–Kier alpha value is -1.36. The third-order valence-electron chi connectivity index (χ3n) is 2.48. The fraction of sp³-hybridized carbons (Fsp3) is 0.545. The van der Waals surface area contributed by atoms with Crippen LogP contribution in [0.3, 0.4) is 0 Å². The van der Waals surface area contributed by atoms with Crippen molar-refractivity contribution in [2.75, 3.05) is 11.9 Å². The number of aromatic nitrogens is 4. The maximum Gasteiger partial charge on any atom is 0.255 e. The van der Waals surface area contributed by atoms with Gasteiger partial charge in [0.1, 0.15) is 17.3 Å². The molecule has 0 atom stereocenters. The molecule has 0 amide bonds. The summed E-state index contributed by atoms with van der Waals surface area (Å²) in [6, 6.07) is 1.76. The van der Waals surface area contributed by atoms with Gasteiger partial charge in [0.2, 0.25) is 0 Å². The lowest BCUT2D eigenvalue weighted by molar-refractivity contribution is 0.566. The van der Waals surface area contributed by atoms with Crippen LogP contribution in [0.2, 0.25) is 5.15 Å². The number of nitrogens with zero attached hydrogens (tertiary/aromatic N) is 4. The molecule has 5 nitrogen and oxygen atoms in total. The predicted molar refractivity (Wildman–Crippen MR) is 68.4 cm³/mol. The average molecular weight is 254 g/mol. The van der Waals surface area contributed by atoms with E-state index < -0.39 is 0 Å². The number of fused-ring (bicyclic) bond motifs is 1. The minimum Gasteiger partial charge on any atom is -0.370 e. The van der Waals surface area contributed by atoms with E-state index in [0.717, 1.165) is 24.7 Å². The number of halogens is 1. The molecule has 0 fully saturated rings. The maximum absolute atomic E-state index is 5.91. The summed E-state index contributed by atoms with van der Waals surface area (Å²) in [5.74, 6) is 2.08. The van der Waals surface area contributed by atoms with Crippen molar-refractivity contribution in [3.05, 3.63) is 17.5 Å². The van der Waals surface area contributed by atoms with Gasteiger partial charge in [0, 0.05) is 12.6 Å². The summed E-state index contributed by atoms with van der Waals surface area (Å²) >= 11 is 5.91. The number of rotatable bonds is 5. The molecule has 0 radical (unpaired) electrons. The van der Waals surface area contributed by atoms with E-state index in [1.54, 1.807) is 10.6 Å². The molecule has 0 aliphatic rings. The smallest absolute Gasteiger partial charge is 0.255 e. The van der Waals surface area contributed by atoms with Gasteiger partial charge in [-0.3, -0.25) is 0 Å². The first-order valence-electron chi connectivity index (χ1n) is 5.77. The normalized spacial score (nSPS) is 11.3. The molecule has 0 aliphatic carbocycles. The third-order valence-corrected chi connectivity index (χ3v) is 2.68. The Bertz CT molecular complexity index is 494. The summed E-state index contributed by atoms with van der Waals surface area (Å²) in [6.07, 6.45) is 3.79. The van der Waals surface area contributed by atoms with Crippen molar-refractivity contribution < 1.29 is 0 Å². The van der Waals surface area contributed by atoms with E-state index in [1.807, 2.05) is 0 Å². The Labute approximate surface area is 105 Å². The van der Waals surface area contributed by atoms with Crippen LogP contribution in [0.5, 0.6) is 0 Å². The van der Waals surface area contributed by atoms with Crippen LogP contribution in [0.15, 0.2) is 12.4 Å². The molecule has 0 unspecified atom stereocenters. The van der Waals surface area contributed by atoms with Crippen LogP contribution in [-0.4, -0.2) is 26.1 Å². The van der Waals surface area contributed by atoms with Gasteiger partial charge in [0.15, 0.2) is 0 Å². The first-order valence-corrected chi connectivity index (χ1v) is 6.15. The SMILES string of the molecule is CC(C)CCCNc1cc(Cl)nc2ncnn12. The zero-order valence-electron chi connectivity index (χ0n) is 10.0. The molecule has 2 heterocycles. The van der Waals surface area contributed by atoms with Crippen molar-refractivity contribution in [2.45, 2.75) is 26.7 Å². The van der Waals surface area contributed by atoms with Gasteiger partial charge in [-0.15, -0.1) is 0 Å². The Morgan fingerprint density at radius 3 is 3.06 bits per heavy atom. The van der Waals surface area contributed by atoms with Gasteiger partial charge < -0.3 is 5.32 Å². The highest BCUT2D eigenvalue weighted by Gasteiger charge is 2.05. The lowest BCUT2D eigenvalue weighted by Gasteiger charge is -2.09. The van der Waals surface area contributed by atoms with Crippen molar-refractivity contribution in [2.24, 2.45) is 5.92 Å². The summed E-state index contributed by atoms with van der Waals surface area (Å²) in [5, 5.41) is 7.83. The topological polar surface area (TPSA) is 55.1 Å². The molecule has 0 aliphatic heterocycles. The van der Waals surface area contributed by atoms with Crippen LogP contribution in [0.4, 0.5) is 5.82 Å². The van der Waals surface area contributed by atoms with E-state index in [2.05, 4.69) is 34.2 Å². The highest BCUT2D eigenvalue weighted by molar-refractivity contribution is 6.29. The second-order valence-electron chi connectivity index (χ2n) is 4.40. The molecule has 1 N–H and O–H groups in total. The highest BCUT2D eigenvalue weighted by Crippen LogP contribution is 2.14. The zero-order chi connectivity index (χ0) is 12.3. The van der Waals surface area contributed by atoms with E-state index in [-0.39, 0.29) is 0 Å². The van der Waals surface area contributed by atoms with E-state index in [9.17, 15) is 0 Å². The minimum absolute atomic E-state index is 0.428. The molecule has 0 aromatic carbocycles. The van der Waals surface area contributed by atoms with Crippen LogP contribution < -0.4 is 5.32 Å². The first-order chi connectivity index (χ1) is 8.16. The molecule has 0 saturated carbocycles. The standard InChI is InChI=1S/C11H16ClN5/c1-8(2)4-3-5-13-10-6-9(12)16-11-14-7-15-17(10)11/h6-8,13H,3-5H2,1-2H3. The molecule has 0 bridgehead atoms. The molecule has 92 valence electrons. The summed E-state index contributed by atoms with van der Waals surface area (Å²) in [6.45, 7) is 5.34. The fourth-order valence-electron chi connectivity index (χ4n) is 1.64. The Morgan fingerprint density at radius 2 is 2.29 bits per heavy atom. The van der Waals surface area contributed by atoms with Crippen molar-refractivity contribution in [3.8, 4) is 0 Å². The summed E-state index contributed by atoms with van der Waals surface area (Å²) in [4.78, 5) is 8.08. The van der Waals surface area contributed by atoms with E-state index in [0.29, 0.717) is 10.9 Å². The summed E-state index contributed by atoms with van der Waals surface area (Å²) < 4.78 is 1.65. The van der Waals surface area contributed by atoms with Gasteiger partial charge in [-0.2, -0.15) is 19.6 Å². The van der Waals surface area contributed by atoms with E-state index in [4.69, 9.17) is 11.6 Å². The summed E-state index contributed by atoms with van der Waals surface area (Å²) in [5.41, 5.74) is 0. The average Bonchev–Trinajstić information content (AvgIpc) is 2.71. The van der Waals surface area contributed by atoms with Crippen LogP contribution in [-0.2, 0) is 0 Å². The monoisotopic (exact) mass is 253 g/mol. The van der Waals surface area contributed by atoms with Gasteiger partial charge in [-0.1, -0.05) is 25.4 Å². The molecular formula is C11H16ClN5. The second kappa shape index (κ2) is 5.31. The molecular weight excluding hydrogens is 238 g/mol. The van der Waals surface area contributed by atoms with Gasteiger partial charge in [0.25, 0.3) is 5.78 Å². The second-order valence-corrected chi connectivity index (χ2v) is 4.79. The number of anilines is 1. The zero-order valence-corrected chi connectivity index (χ0v) is 10.8. The molecule has 2 rings (SSSR count). The van der Waals surface area contributed by atoms with Gasteiger partial charge in [0.05, 0.1) is 0 Å². The number of hydrogen-bond donors (Lipinski definition) is 1. The van der Waals surface area contributed by atoms with Crippen LogP contribution in [0, 0.1) is 5.92 Å². The molecule has 2 aromatic heterocycles. The van der Waals surface area contributed by atoms with E-state index in [1.165, 1.54) is 12.7 Å². The molecule has 2 aromatic rings. The fourth-order valence-corrected chi connectivity index (χ4v) is 1.81. The van der Waals surface area contributed by atoms with Gasteiger partial charge >= 0.3 is 0 Å². The van der Waals surface area contributed by atoms with Gasteiger partial charge in [-0.25, -0.2) is 0 Å². The highest BCUT2D eigenvalue weighted by atomic mass is 35.5. The largest absolute Gasteiger partial charge is 0.370 e. The van der Waals surface area contributed by atoms with Crippen molar-refractivity contribution in [3.63, 3.8) is 0 Å². The predicted octanol–water partition coefficient (Wildman–Crippen LogP) is 2.63. The summed E-state index contributed by atoms with van der Waals surface area (Å²) in [7, 11) is 0. The minimum atomic E-state index is 0.428. The Morgan fingerprint density at radius 1 is 1.47 bits per heavy atom. The third kappa shape index (κ3) is 3.06. The lowest BCUT2D eigenvalue weighted by atomic mass is 10.1. The molecule has 0 saturated heterocycles. The Balaban J connectivity index is 2.04. The van der Waals surface area contributed by atoms with Crippen molar-refractivity contribution in [1.29, 1.82) is 0 Å². The van der Waals surface area contributed by atoms with Crippen molar-refractivity contribution in [1.82, 2.24) is 19.6 Å². The quantitative estimate of drug-likeness (QED) is 0.657. The first kappa shape index (κ1) is 12.1. The van der Waals surface area contributed by atoms with Crippen LogP contribution in [0.1, 0.15) is 26.7 Å². The molecule has 6 heteroatoms.